The summed E-state index contributed by atoms with van der Waals surface area (Å²) in [7, 11) is 1.82. The maximum absolute atomic E-state index is 9.37. The molecule has 0 amide bonds. The van der Waals surface area contributed by atoms with Gasteiger partial charge in [-0.05, 0) is 24.6 Å². The van der Waals surface area contributed by atoms with Gasteiger partial charge >= 0.3 is 0 Å². The summed E-state index contributed by atoms with van der Waals surface area (Å²) in [5.41, 5.74) is 0.871. The van der Waals surface area contributed by atoms with Crippen molar-refractivity contribution in [2.45, 2.75) is 19.6 Å². The van der Waals surface area contributed by atoms with E-state index in [1.165, 1.54) is 6.33 Å². The molecule has 0 bridgehead atoms. The first-order valence-corrected chi connectivity index (χ1v) is 5.40. The van der Waals surface area contributed by atoms with E-state index < -0.39 is 6.10 Å². The van der Waals surface area contributed by atoms with Crippen LogP contribution in [0.25, 0.3) is 0 Å². The Morgan fingerprint density at radius 1 is 1.35 bits per heavy atom. The number of benzene rings is 1. The summed E-state index contributed by atoms with van der Waals surface area (Å²) in [5.74, 6) is 1.52. The Labute approximate surface area is 99.7 Å². The number of aliphatic hydroxyl groups is 1. The van der Waals surface area contributed by atoms with Crippen molar-refractivity contribution in [1.82, 2.24) is 14.8 Å². The first-order valence-electron chi connectivity index (χ1n) is 5.40. The van der Waals surface area contributed by atoms with Gasteiger partial charge in [-0.2, -0.15) is 5.10 Å². The molecule has 90 valence electrons. The van der Waals surface area contributed by atoms with Gasteiger partial charge in [-0.25, -0.2) is 4.98 Å². The van der Waals surface area contributed by atoms with E-state index in [1.54, 1.807) is 11.6 Å². The summed E-state index contributed by atoms with van der Waals surface area (Å²) < 4.78 is 7.23. The number of hydrogen-bond acceptors (Lipinski definition) is 4. The van der Waals surface area contributed by atoms with Crippen molar-refractivity contribution in [2.24, 2.45) is 7.05 Å². The average molecular weight is 233 g/mol. The van der Waals surface area contributed by atoms with E-state index in [0.717, 1.165) is 17.1 Å². The largest absolute Gasteiger partial charge is 0.486 e. The average Bonchev–Trinajstić information content (AvgIpc) is 2.73. The van der Waals surface area contributed by atoms with Crippen LogP contribution in [0.4, 0.5) is 0 Å². The molecule has 0 saturated heterocycles. The molecule has 2 rings (SSSR count). The van der Waals surface area contributed by atoms with E-state index >= 15 is 0 Å². The Balaban J connectivity index is 1.98. The molecule has 5 heteroatoms. The second kappa shape index (κ2) is 4.97. The van der Waals surface area contributed by atoms with Gasteiger partial charge in [0, 0.05) is 7.05 Å². The topological polar surface area (TPSA) is 60.2 Å². The van der Waals surface area contributed by atoms with Gasteiger partial charge in [0.05, 0.1) is 6.10 Å². The third-order valence-corrected chi connectivity index (χ3v) is 2.54. The molecule has 1 aromatic heterocycles. The zero-order chi connectivity index (χ0) is 12.3. The van der Waals surface area contributed by atoms with Crippen molar-refractivity contribution >= 4 is 0 Å². The van der Waals surface area contributed by atoms with Crippen LogP contribution in [0.1, 0.15) is 24.4 Å². The summed E-state index contributed by atoms with van der Waals surface area (Å²) in [5, 5.41) is 13.3. The van der Waals surface area contributed by atoms with Crippen LogP contribution in [-0.4, -0.2) is 19.9 Å². The monoisotopic (exact) mass is 233 g/mol. The number of nitrogens with zero attached hydrogens (tertiary/aromatic N) is 3. The first kappa shape index (κ1) is 11.6. The maximum Gasteiger partial charge on any atom is 0.164 e. The molecule has 0 unspecified atom stereocenters. The number of aromatic nitrogens is 3. The van der Waals surface area contributed by atoms with E-state index in [9.17, 15) is 5.11 Å². The van der Waals surface area contributed by atoms with Crippen LogP contribution in [0.2, 0.25) is 0 Å². The van der Waals surface area contributed by atoms with Crippen LogP contribution in [0.5, 0.6) is 5.75 Å². The number of aryl methyl sites for hydroxylation is 1. The van der Waals surface area contributed by atoms with Gasteiger partial charge in [-0.3, -0.25) is 4.68 Å². The minimum absolute atomic E-state index is 0.379. The number of hydrogen-bond donors (Lipinski definition) is 1. The van der Waals surface area contributed by atoms with Gasteiger partial charge in [0.2, 0.25) is 0 Å². The number of ether oxygens (including phenoxy) is 1. The number of rotatable bonds is 4. The molecule has 1 N–H and O–H groups in total. The van der Waals surface area contributed by atoms with Crippen LogP contribution in [-0.2, 0) is 13.7 Å². The van der Waals surface area contributed by atoms with Crippen LogP contribution in [0, 0.1) is 0 Å². The van der Waals surface area contributed by atoms with Crippen molar-refractivity contribution in [3.63, 3.8) is 0 Å². The lowest BCUT2D eigenvalue weighted by Crippen LogP contribution is -2.04. The normalized spacial score (nSPS) is 12.4. The Bertz CT molecular complexity index is 477. The molecule has 0 radical (unpaired) electrons. The quantitative estimate of drug-likeness (QED) is 0.868. The molecule has 0 aliphatic heterocycles. The molecular weight excluding hydrogens is 218 g/mol. The molecule has 2 aromatic rings. The third kappa shape index (κ3) is 2.82. The molecule has 0 saturated carbocycles. The van der Waals surface area contributed by atoms with Gasteiger partial charge in [0.25, 0.3) is 0 Å². The van der Waals surface area contributed by atoms with Crippen molar-refractivity contribution in [3.05, 3.63) is 42.0 Å². The van der Waals surface area contributed by atoms with Crippen molar-refractivity contribution in [1.29, 1.82) is 0 Å². The summed E-state index contributed by atoms with van der Waals surface area (Å²) in [4.78, 5) is 4.06. The molecule has 0 spiro atoms. The van der Waals surface area contributed by atoms with E-state index in [2.05, 4.69) is 10.1 Å². The zero-order valence-electron chi connectivity index (χ0n) is 9.87. The Morgan fingerprint density at radius 2 is 2.06 bits per heavy atom. The molecule has 0 aliphatic rings. The van der Waals surface area contributed by atoms with E-state index in [-0.39, 0.29) is 0 Å². The minimum atomic E-state index is -0.456. The Hall–Kier alpha value is -1.88. The van der Waals surface area contributed by atoms with E-state index in [1.807, 2.05) is 31.3 Å². The van der Waals surface area contributed by atoms with Gasteiger partial charge < -0.3 is 9.84 Å². The van der Waals surface area contributed by atoms with E-state index in [4.69, 9.17) is 4.74 Å². The molecular formula is C12H15N3O2. The smallest absolute Gasteiger partial charge is 0.164 e. The Morgan fingerprint density at radius 3 is 2.59 bits per heavy atom. The highest BCUT2D eigenvalue weighted by Gasteiger charge is 2.03. The van der Waals surface area contributed by atoms with Gasteiger partial charge in [0.1, 0.15) is 18.7 Å². The fourth-order valence-corrected chi connectivity index (χ4v) is 1.44. The molecule has 1 atom stereocenters. The molecule has 1 aromatic carbocycles. The van der Waals surface area contributed by atoms with Gasteiger partial charge in [0.15, 0.2) is 5.82 Å². The standard InChI is InChI=1S/C12H15N3O2/c1-9(16)10-3-5-11(6-4-10)17-7-12-13-8-14-15(12)2/h3-6,8-9,16H,7H2,1-2H3/t9-/m1/s1. The SMILES string of the molecule is C[C@@H](O)c1ccc(OCc2ncnn2C)cc1. The molecule has 0 fully saturated rings. The molecule has 1 heterocycles. The van der Waals surface area contributed by atoms with Crippen molar-refractivity contribution in [3.8, 4) is 5.75 Å². The summed E-state index contributed by atoms with van der Waals surface area (Å²) in [6.45, 7) is 2.11. The van der Waals surface area contributed by atoms with Crippen LogP contribution in [0.15, 0.2) is 30.6 Å². The van der Waals surface area contributed by atoms with E-state index in [0.29, 0.717) is 6.61 Å². The fourth-order valence-electron chi connectivity index (χ4n) is 1.44. The lowest BCUT2D eigenvalue weighted by molar-refractivity contribution is 0.199. The first-order chi connectivity index (χ1) is 8.16. The second-order valence-electron chi connectivity index (χ2n) is 3.83. The maximum atomic E-state index is 9.37. The predicted molar refractivity (Wildman–Crippen MR) is 62.4 cm³/mol. The second-order valence-corrected chi connectivity index (χ2v) is 3.83. The lowest BCUT2D eigenvalue weighted by atomic mass is 10.1. The Kier molecular flexibility index (Phi) is 3.39. The number of aliphatic hydroxyl groups excluding tert-OH is 1. The van der Waals surface area contributed by atoms with Crippen LogP contribution in [0.3, 0.4) is 0 Å². The predicted octanol–water partition coefficient (Wildman–Crippen LogP) is 1.45. The molecule has 17 heavy (non-hydrogen) atoms. The highest BCUT2D eigenvalue weighted by Crippen LogP contribution is 2.17. The van der Waals surface area contributed by atoms with Gasteiger partial charge in [-0.1, -0.05) is 12.1 Å². The summed E-state index contributed by atoms with van der Waals surface area (Å²) in [6, 6.07) is 7.35. The summed E-state index contributed by atoms with van der Waals surface area (Å²) >= 11 is 0. The minimum Gasteiger partial charge on any atom is -0.486 e. The molecule has 0 aliphatic carbocycles. The fraction of sp³-hybridized carbons (Fsp3) is 0.333. The highest BCUT2D eigenvalue weighted by atomic mass is 16.5. The van der Waals surface area contributed by atoms with Crippen molar-refractivity contribution in [2.75, 3.05) is 0 Å². The van der Waals surface area contributed by atoms with Crippen molar-refractivity contribution < 1.29 is 9.84 Å². The van der Waals surface area contributed by atoms with Crippen LogP contribution >= 0.6 is 0 Å². The van der Waals surface area contributed by atoms with Gasteiger partial charge in [-0.15, -0.1) is 0 Å². The van der Waals surface area contributed by atoms with Crippen LogP contribution < -0.4 is 4.74 Å². The third-order valence-electron chi connectivity index (χ3n) is 2.54. The molecule has 5 nitrogen and oxygen atoms in total. The zero-order valence-corrected chi connectivity index (χ0v) is 9.87. The highest BCUT2D eigenvalue weighted by molar-refractivity contribution is 5.28. The summed E-state index contributed by atoms with van der Waals surface area (Å²) in [6.07, 6.45) is 1.04. The lowest BCUT2D eigenvalue weighted by Gasteiger charge is -2.08.